The first-order chi connectivity index (χ1) is 14.7. The third kappa shape index (κ3) is 4.47. The van der Waals surface area contributed by atoms with Crippen LogP contribution in [0.5, 0.6) is 0 Å². The molecule has 0 saturated carbocycles. The number of halogens is 5. The number of aromatic nitrogens is 3. The maximum Gasteiger partial charge on any atom is 0.434 e. The van der Waals surface area contributed by atoms with Gasteiger partial charge < -0.3 is 9.80 Å². The highest BCUT2D eigenvalue weighted by molar-refractivity contribution is 6.30. The summed E-state index contributed by atoms with van der Waals surface area (Å²) in [6.07, 6.45) is -2.30. The Balaban J connectivity index is 1.57. The van der Waals surface area contributed by atoms with Crippen LogP contribution in [0.3, 0.4) is 0 Å². The van der Waals surface area contributed by atoms with Gasteiger partial charge in [0.2, 0.25) is 0 Å². The molecule has 1 aliphatic rings. The highest BCUT2D eigenvalue weighted by Gasteiger charge is 2.41. The third-order valence-corrected chi connectivity index (χ3v) is 5.38. The van der Waals surface area contributed by atoms with Gasteiger partial charge in [0.05, 0.1) is 22.5 Å². The summed E-state index contributed by atoms with van der Waals surface area (Å²) < 4.78 is 42.3. The van der Waals surface area contributed by atoms with E-state index in [4.69, 9.17) is 23.2 Å². The SMILES string of the molecule is O=C(c1cnn(-c2cccc(Cl)c2)c1C(F)(F)F)N1CCN(c2ccc(Cl)cn2)CC1. The molecule has 2 aromatic heterocycles. The van der Waals surface area contributed by atoms with Crippen LogP contribution in [0.15, 0.2) is 48.8 Å². The normalized spacial score (nSPS) is 14.7. The minimum atomic E-state index is -4.78. The second kappa shape index (κ2) is 8.39. The Hall–Kier alpha value is -2.78. The Morgan fingerprint density at radius 3 is 2.32 bits per heavy atom. The predicted molar refractivity (Wildman–Crippen MR) is 111 cm³/mol. The van der Waals surface area contributed by atoms with Crippen LogP contribution < -0.4 is 4.90 Å². The molecule has 1 amide bonds. The van der Waals surface area contributed by atoms with Crippen molar-refractivity contribution >= 4 is 34.9 Å². The third-order valence-electron chi connectivity index (χ3n) is 4.92. The Morgan fingerprint density at radius 1 is 0.968 bits per heavy atom. The number of hydrogen-bond acceptors (Lipinski definition) is 4. The van der Waals surface area contributed by atoms with Crippen molar-refractivity contribution in [3.63, 3.8) is 0 Å². The van der Waals surface area contributed by atoms with E-state index in [9.17, 15) is 18.0 Å². The fourth-order valence-corrected chi connectivity index (χ4v) is 3.74. The number of pyridine rings is 1. The topological polar surface area (TPSA) is 54.3 Å². The van der Waals surface area contributed by atoms with Crippen LogP contribution in [0.4, 0.5) is 19.0 Å². The van der Waals surface area contributed by atoms with Crippen molar-refractivity contribution in [3.05, 3.63) is 70.1 Å². The minimum absolute atomic E-state index is 0.123. The first-order valence-corrected chi connectivity index (χ1v) is 10.1. The van der Waals surface area contributed by atoms with Crippen molar-refractivity contribution in [2.24, 2.45) is 0 Å². The van der Waals surface area contributed by atoms with Gasteiger partial charge in [-0.2, -0.15) is 18.3 Å². The molecular formula is C20H16Cl2F3N5O. The lowest BCUT2D eigenvalue weighted by molar-refractivity contribution is -0.143. The number of amides is 1. The van der Waals surface area contributed by atoms with Gasteiger partial charge in [0.25, 0.3) is 5.91 Å². The highest BCUT2D eigenvalue weighted by Crippen LogP contribution is 2.34. The number of carbonyl (C=O) groups excluding carboxylic acids is 1. The quantitative estimate of drug-likeness (QED) is 0.564. The Bertz CT molecular complexity index is 1090. The number of nitrogens with zero attached hydrogens (tertiary/aromatic N) is 5. The molecule has 4 rings (SSSR count). The maximum absolute atomic E-state index is 13.9. The van der Waals surface area contributed by atoms with Crippen LogP contribution in [0.2, 0.25) is 10.0 Å². The van der Waals surface area contributed by atoms with E-state index in [0.29, 0.717) is 28.6 Å². The van der Waals surface area contributed by atoms with Gasteiger partial charge >= 0.3 is 6.18 Å². The molecule has 0 bridgehead atoms. The van der Waals surface area contributed by atoms with Crippen LogP contribution in [0, 0.1) is 0 Å². The number of carbonyl (C=O) groups is 1. The molecule has 0 atom stereocenters. The van der Waals surface area contributed by atoms with E-state index in [1.165, 1.54) is 29.3 Å². The molecule has 3 aromatic rings. The monoisotopic (exact) mass is 469 g/mol. The first kappa shape index (κ1) is 21.5. The summed E-state index contributed by atoms with van der Waals surface area (Å²) in [5, 5.41) is 4.61. The highest BCUT2D eigenvalue weighted by atomic mass is 35.5. The molecule has 1 saturated heterocycles. The lowest BCUT2D eigenvalue weighted by Gasteiger charge is -2.35. The molecule has 162 valence electrons. The number of rotatable bonds is 3. The zero-order valence-electron chi connectivity index (χ0n) is 16.0. The van der Waals surface area contributed by atoms with Crippen LogP contribution in [0.25, 0.3) is 5.69 Å². The van der Waals surface area contributed by atoms with Gasteiger partial charge in [-0.15, -0.1) is 0 Å². The van der Waals surface area contributed by atoms with Crippen molar-refractivity contribution in [2.45, 2.75) is 6.18 Å². The van der Waals surface area contributed by atoms with Gasteiger partial charge in [-0.25, -0.2) is 9.67 Å². The fraction of sp³-hybridized carbons (Fsp3) is 0.250. The van der Waals surface area contributed by atoms with Crippen molar-refractivity contribution < 1.29 is 18.0 Å². The van der Waals surface area contributed by atoms with E-state index in [2.05, 4.69) is 10.1 Å². The number of piperazine rings is 1. The van der Waals surface area contributed by atoms with Crippen molar-refractivity contribution in [2.75, 3.05) is 31.1 Å². The van der Waals surface area contributed by atoms with Crippen molar-refractivity contribution in [1.82, 2.24) is 19.7 Å². The van der Waals surface area contributed by atoms with Crippen LogP contribution in [-0.4, -0.2) is 51.8 Å². The summed E-state index contributed by atoms with van der Waals surface area (Å²) in [5.74, 6) is -0.0226. The van der Waals surface area contributed by atoms with Crippen LogP contribution >= 0.6 is 23.2 Å². The zero-order chi connectivity index (χ0) is 22.2. The average Bonchev–Trinajstić information content (AvgIpc) is 3.20. The van der Waals surface area contributed by atoms with Crippen LogP contribution in [0.1, 0.15) is 16.1 Å². The summed E-state index contributed by atoms with van der Waals surface area (Å²) in [5.41, 5.74) is -1.50. The number of benzene rings is 1. The molecule has 0 unspecified atom stereocenters. The van der Waals surface area contributed by atoms with Crippen molar-refractivity contribution in [3.8, 4) is 5.69 Å². The largest absolute Gasteiger partial charge is 0.434 e. The Morgan fingerprint density at radius 2 is 1.71 bits per heavy atom. The zero-order valence-corrected chi connectivity index (χ0v) is 17.5. The molecule has 1 aromatic carbocycles. The van der Waals surface area contributed by atoms with E-state index in [0.717, 1.165) is 6.20 Å². The molecule has 1 fully saturated rings. The molecular weight excluding hydrogens is 454 g/mol. The minimum Gasteiger partial charge on any atom is -0.353 e. The van der Waals surface area contributed by atoms with Crippen LogP contribution in [-0.2, 0) is 6.18 Å². The summed E-state index contributed by atoms with van der Waals surface area (Å²) in [6, 6.07) is 9.34. The van der Waals surface area contributed by atoms with E-state index < -0.39 is 23.3 Å². The molecule has 0 aliphatic carbocycles. The smallest absolute Gasteiger partial charge is 0.353 e. The molecule has 6 nitrogen and oxygen atoms in total. The first-order valence-electron chi connectivity index (χ1n) is 9.31. The van der Waals surface area contributed by atoms with E-state index in [1.807, 2.05) is 4.90 Å². The van der Waals surface area contributed by atoms with E-state index in [1.54, 1.807) is 18.2 Å². The van der Waals surface area contributed by atoms with Gasteiger partial charge in [-0.05, 0) is 30.3 Å². The number of anilines is 1. The summed E-state index contributed by atoms with van der Waals surface area (Å²) in [4.78, 5) is 20.5. The lowest BCUT2D eigenvalue weighted by Crippen LogP contribution is -2.49. The van der Waals surface area contributed by atoms with Gasteiger partial charge in [-0.3, -0.25) is 4.79 Å². The van der Waals surface area contributed by atoms with Gasteiger partial charge in [0.15, 0.2) is 5.69 Å². The Kier molecular flexibility index (Phi) is 5.81. The summed E-state index contributed by atoms with van der Waals surface area (Å²) in [6.45, 7) is 1.37. The summed E-state index contributed by atoms with van der Waals surface area (Å²) in [7, 11) is 0. The maximum atomic E-state index is 13.9. The van der Waals surface area contributed by atoms with Gasteiger partial charge in [-0.1, -0.05) is 29.3 Å². The molecule has 31 heavy (non-hydrogen) atoms. The van der Waals surface area contributed by atoms with Crippen molar-refractivity contribution in [1.29, 1.82) is 0 Å². The van der Waals surface area contributed by atoms with E-state index in [-0.39, 0.29) is 23.8 Å². The number of alkyl halides is 3. The second-order valence-electron chi connectivity index (χ2n) is 6.91. The average molecular weight is 470 g/mol. The number of hydrogen-bond donors (Lipinski definition) is 0. The second-order valence-corrected chi connectivity index (χ2v) is 7.78. The molecule has 0 radical (unpaired) electrons. The molecule has 3 heterocycles. The molecule has 1 aliphatic heterocycles. The summed E-state index contributed by atoms with van der Waals surface area (Å²) >= 11 is 11.8. The van der Waals surface area contributed by atoms with Gasteiger partial charge in [0.1, 0.15) is 5.82 Å². The standard InChI is InChI=1S/C20H16Cl2F3N5O/c21-13-2-1-3-15(10-13)30-18(20(23,24)25)16(12-27-30)19(31)29-8-6-28(7-9-29)17-5-4-14(22)11-26-17/h1-5,10-12H,6-9H2. The Labute approximate surface area is 185 Å². The lowest BCUT2D eigenvalue weighted by atomic mass is 10.1. The predicted octanol–water partition coefficient (Wildman–Crippen LogP) is 4.56. The van der Waals surface area contributed by atoms with Gasteiger partial charge in [0, 0.05) is 37.4 Å². The molecule has 11 heteroatoms. The fourth-order valence-electron chi connectivity index (χ4n) is 3.45. The van der Waals surface area contributed by atoms with E-state index >= 15 is 0 Å². The molecule has 0 N–H and O–H groups in total. The molecule has 0 spiro atoms.